The van der Waals surface area contributed by atoms with E-state index in [2.05, 4.69) is 16.7 Å². The number of thioether (sulfide) groups is 1. The topological polar surface area (TPSA) is 50.4 Å². The Hall–Kier alpha value is -0.750. The van der Waals surface area contributed by atoms with E-state index in [1.165, 1.54) is 5.56 Å². The van der Waals surface area contributed by atoms with Gasteiger partial charge in [0.2, 0.25) is 5.91 Å². The van der Waals surface area contributed by atoms with Gasteiger partial charge in [0.05, 0.1) is 13.2 Å². The Bertz CT molecular complexity index is 453. The summed E-state index contributed by atoms with van der Waals surface area (Å²) in [6, 6.07) is 8.02. The molecule has 1 aromatic carbocycles. The molecule has 1 amide bonds. The van der Waals surface area contributed by atoms with E-state index in [0.717, 1.165) is 29.7 Å². The first-order chi connectivity index (χ1) is 10.2. The molecule has 116 valence electrons. The lowest BCUT2D eigenvalue weighted by atomic mass is 10.2. The number of morpholine rings is 1. The van der Waals surface area contributed by atoms with Crippen molar-refractivity contribution in [3.8, 4) is 0 Å². The van der Waals surface area contributed by atoms with Crippen molar-refractivity contribution in [1.82, 2.24) is 10.6 Å². The van der Waals surface area contributed by atoms with Gasteiger partial charge in [-0.05, 0) is 17.7 Å². The highest BCUT2D eigenvalue weighted by Gasteiger charge is 2.16. The first-order valence-corrected chi connectivity index (χ1v) is 8.67. The third kappa shape index (κ3) is 6.70. The summed E-state index contributed by atoms with van der Waals surface area (Å²) < 4.78 is 5.33. The van der Waals surface area contributed by atoms with Crippen molar-refractivity contribution >= 4 is 29.3 Å². The van der Waals surface area contributed by atoms with Crippen LogP contribution in [0.2, 0.25) is 5.02 Å². The number of hydrogen-bond acceptors (Lipinski definition) is 4. The van der Waals surface area contributed by atoms with Gasteiger partial charge in [0.15, 0.2) is 0 Å². The molecule has 2 N–H and O–H groups in total. The van der Waals surface area contributed by atoms with E-state index < -0.39 is 0 Å². The second-order valence-corrected chi connectivity index (χ2v) is 6.50. The first kappa shape index (κ1) is 16.6. The molecule has 1 heterocycles. The van der Waals surface area contributed by atoms with Gasteiger partial charge in [0.25, 0.3) is 0 Å². The van der Waals surface area contributed by atoms with Crippen LogP contribution in [-0.2, 0) is 15.3 Å². The molecule has 1 aliphatic heterocycles. The molecule has 0 radical (unpaired) electrons. The van der Waals surface area contributed by atoms with Crippen molar-refractivity contribution in [2.24, 2.45) is 0 Å². The van der Waals surface area contributed by atoms with E-state index >= 15 is 0 Å². The minimum atomic E-state index is 0.0846. The average Bonchev–Trinajstić information content (AvgIpc) is 2.48. The molecule has 1 saturated heterocycles. The smallest absolute Gasteiger partial charge is 0.221 e. The highest BCUT2D eigenvalue weighted by Crippen LogP contribution is 2.16. The van der Waals surface area contributed by atoms with Gasteiger partial charge < -0.3 is 15.4 Å². The van der Waals surface area contributed by atoms with Crippen molar-refractivity contribution < 1.29 is 9.53 Å². The molecule has 0 spiro atoms. The molecule has 0 bridgehead atoms. The maximum absolute atomic E-state index is 11.8. The second kappa shape index (κ2) is 9.30. The van der Waals surface area contributed by atoms with E-state index in [-0.39, 0.29) is 11.9 Å². The summed E-state index contributed by atoms with van der Waals surface area (Å²) in [5.74, 6) is 1.89. The number of amides is 1. The highest BCUT2D eigenvalue weighted by atomic mass is 35.5. The van der Waals surface area contributed by atoms with Crippen molar-refractivity contribution in [3.05, 3.63) is 34.9 Å². The number of hydrogen-bond donors (Lipinski definition) is 2. The van der Waals surface area contributed by atoms with E-state index in [1.54, 1.807) is 11.8 Å². The van der Waals surface area contributed by atoms with Crippen LogP contribution in [0.1, 0.15) is 12.0 Å². The van der Waals surface area contributed by atoms with Gasteiger partial charge in [-0.1, -0.05) is 23.7 Å². The zero-order chi connectivity index (χ0) is 14.9. The normalized spacial score (nSPS) is 18.4. The SMILES string of the molecule is O=C(C[C@@H]1COCCN1)NCCSCc1cccc(Cl)c1. The molecular weight excluding hydrogens is 308 g/mol. The van der Waals surface area contributed by atoms with Crippen LogP contribution >= 0.6 is 23.4 Å². The van der Waals surface area contributed by atoms with Crippen LogP contribution in [0.3, 0.4) is 0 Å². The standard InChI is InChI=1S/C15H21ClN2O2S/c16-13-3-1-2-12(8-13)11-21-7-5-18-15(19)9-14-10-20-6-4-17-14/h1-3,8,14,17H,4-7,9-11H2,(H,18,19)/t14-/m1/s1. The maximum atomic E-state index is 11.8. The fourth-order valence-electron chi connectivity index (χ4n) is 2.13. The van der Waals surface area contributed by atoms with Crippen LogP contribution in [0.4, 0.5) is 0 Å². The Morgan fingerprint density at radius 3 is 3.19 bits per heavy atom. The number of carbonyl (C=O) groups is 1. The summed E-state index contributed by atoms with van der Waals surface area (Å²) in [4.78, 5) is 11.8. The Kier molecular flexibility index (Phi) is 7.36. The molecule has 0 unspecified atom stereocenters. The fraction of sp³-hybridized carbons (Fsp3) is 0.533. The van der Waals surface area contributed by atoms with Gasteiger partial charge >= 0.3 is 0 Å². The predicted molar refractivity (Wildman–Crippen MR) is 87.9 cm³/mol. The van der Waals surface area contributed by atoms with Crippen molar-refractivity contribution in [2.45, 2.75) is 18.2 Å². The van der Waals surface area contributed by atoms with E-state index in [0.29, 0.717) is 19.6 Å². The lowest BCUT2D eigenvalue weighted by Crippen LogP contribution is -2.44. The highest BCUT2D eigenvalue weighted by molar-refractivity contribution is 7.98. The Balaban J connectivity index is 1.53. The summed E-state index contributed by atoms with van der Waals surface area (Å²) in [6.07, 6.45) is 0.485. The van der Waals surface area contributed by atoms with Crippen molar-refractivity contribution in [3.63, 3.8) is 0 Å². The number of nitrogens with one attached hydrogen (secondary N) is 2. The zero-order valence-corrected chi connectivity index (χ0v) is 13.5. The van der Waals surface area contributed by atoms with Crippen LogP contribution in [-0.4, -0.2) is 44.0 Å². The summed E-state index contributed by atoms with van der Waals surface area (Å²) in [7, 11) is 0. The summed E-state index contributed by atoms with van der Waals surface area (Å²) in [5, 5.41) is 6.99. The predicted octanol–water partition coefficient (Wildman–Crippen LogP) is 2.07. The first-order valence-electron chi connectivity index (χ1n) is 7.14. The van der Waals surface area contributed by atoms with E-state index in [1.807, 2.05) is 18.2 Å². The van der Waals surface area contributed by atoms with Gasteiger partial charge in [-0.2, -0.15) is 11.8 Å². The Labute approximate surface area is 135 Å². The van der Waals surface area contributed by atoms with Crippen LogP contribution < -0.4 is 10.6 Å². The molecule has 1 atom stereocenters. The summed E-state index contributed by atoms with van der Waals surface area (Å²) in [5.41, 5.74) is 1.21. The molecule has 4 nitrogen and oxygen atoms in total. The molecule has 1 aromatic rings. The molecule has 21 heavy (non-hydrogen) atoms. The number of ether oxygens (including phenoxy) is 1. The number of carbonyl (C=O) groups excluding carboxylic acids is 1. The van der Waals surface area contributed by atoms with Crippen molar-refractivity contribution in [1.29, 1.82) is 0 Å². The third-order valence-electron chi connectivity index (χ3n) is 3.16. The van der Waals surface area contributed by atoms with Crippen LogP contribution in [0.25, 0.3) is 0 Å². The minimum absolute atomic E-state index is 0.0846. The average molecular weight is 329 g/mol. The molecule has 6 heteroatoms. The number of rotatable bonds is 7. The summed E-state index contributed by atoms with van der Waals surface area (Å²) >= 11 is 7.73. The van der Waals surface area contributed by atoms with Crippen LogP contribution in [0.15, 0.2) is 24.3 Å². The van der Waals surface area contributed by atoms with Crippen LogP contribution in [0, 0.1) is 0 Å². The Morgan fingerprint density at radius 2 is 2.43 bits per heavy atom. The summed E-state index contributed by atoms with van der Waals surface area (Å²) in [6.45, 7) is 2.88. The molecule has 2 rings (SSSR count). The molecule has 0 aromatic heterocycles. The molecule has 0 saturated carbocycles. The van der Waals surface area contributed by atoms with Gasteiger partial charge in [-0.3, -0.25) is 4.79 Å². The van der Waals surface area contributed by atoms with Crippen molar-refractivity contribution in [2.75, 3.05) is 32.1 Å². The minimum Gasteiger partial charge on any atom is -0.378 e. The van der Waals surface area contributed by atoms with Gasteiger partial charge in [0.1, 0.15) is 0 Å². The number of benzene rings is 1. The lowest BCUT2D eigenvalue weighted by Gasteiger charge is -2.23. The van der Waals surface area contributed by atoms with E-state index in [9.17, 15) is 4.79 Å². The Morgan fingerprint density at radius 1 is 1.52 bits per heavy atom. The second-order valence-electron chi connectivity index (χ2n) is 4.96. The zero-order valence-electron chi connectivity index (χ0n) is 11.9. The van der Waals surface area contributed by atoms with E-state index in [4.69, 9.17) is 16.3 Å². The fourth-order valence-corrected chi connectivity index (χ4v) is 3.15. The largest absolute Gasteiger partial charge is 0.378 e. The van der Waals surface area contributed by atoms with Gasteiger partial charge in [-0.15, -0.1) is 0 Å². The monoisotopic (exact) mass is 328 g/mol. The lowest BCUT2D eigenvalue weighted by molar-refractivity contribution is -0.122. The maximum Gasteiger partial charge on any atom is 0.221 e. The molecular formula is C15H21ClN2O2S. The molecule has 1 fully saturated rings. The van der Waals surface area contributed by atoms with Gasteiger partial charge in [-0.25, -0.2) is 0 Å². The molecule has 1 aliphatic rings. The van der Waals surface area contributed by atoms with Gasteiger partial charge in [0, 0.05) is 42.1 Å². The quantitative estimate of drug-likeness (QED) is 0.752. The molecule has 0 aliphatic carbocycles. The third-order valence-corrected chi connectivity index (χ3v) is 4.42. The number of halogens is 1. The van der Waals surface area contributed by atoms with Crippen LogP contribution in [0.5, 0.6) is 0 Å².